The largest absolute Gasteiger partial charge is 0.314 e. The lowest BCUT2D eigenvalue weighted by Crippen LogP contribution is -2.53. The van der Waals surface area contributed by atoms with Gasteiger partial charge in [-0.2, -0.15) is 4.31 Å². The number of hydrogen-bond donors (Lipinski definition) is 1. The molecule has 8 heteroatoms. The maximum atomic E-state index is 11.9. The Labute approximate surface area is 97.0 Å². The van der Waals surface area contributed by atoms with E-state index in [1.807, 2.05) is 6.92 Å². The van der Waals surface area contributed by atoms with Gasteiger partial charge in [-0.25, -0.2) is 16.8 Å². The fourth-order valence-electron chi connectivity index (χ4n) is 1.61. The molecule has 1 fully saturated rings. The zero-order valence-electron chi connectivity index (χ0n) is 9.51. The molecule has 1 unspecified atom stereocenters. The molecule has 1 aliphatic rings. The van der Waals surface area contributed by atoms with Crippen LogP contribution in [0.25, 0.3) is 0 Å². The van der Waals surface area contributed by atoms with E-state index in [0.29, 0.717) is 19.6 Å². The summed E-state index contributed by atoms with van der Waals surface area (Å²) in [5, 5.41) is 3.08. The highest BCUT2D eigenvalue weighted by Crippen LogP contribution is 2.10. The van der Waals surface area contributed by atoms with E-state index in [9.17, 15) is 16.8 Å². The van der Waals surface area contributed by atoms with Gasteiger partial charge in [0.15, 0.2) is 0 Å². The van der Waals surface area contributed by atoms with Crippen LogP contribution in [0, 0.1) is 0 Å². The van der Waals surface area contributed by atoms with Gasteiger partial charge in [-0.05, 0) is 6.92 Å². The van der Waals surface area contributed by atoms with E-state index in [1.165, 1.54) is 4.31 Å². The van der Waals surface area contributed by atoms with Gasteiger partial charge in [0.2, 0.25) is 10.0 Å². The molecular formula is C8H18N2O4S2. The van der Waals surface area contributed by atoms with Crippen LogP contribution in [0.1, 0.15) is 6.92 Å². The van der Waals surface area contributed by atoms with Gasteiger partial charge in [-0.3, -0.25) is 0 Å². The molecule has 1 N–H and O–H groups in total. The summed E-state index contributed by atoms with van der Waals surface area (Å²) in [4.78, 5) is 0. The number of hydrogen-bond acceptors (Lipinski definition) is 5. The molecule has 0 aromatic carbocycles. The van der Waals surface area contributed by atoms with Crippen LogP contribution in [0.3, 0.4) is 0 Å². The molecule has 1 rings (SSSR count). The molecule has 1 saturated heterocycles. The summed E-state index contributed by atoms with van der Waals surface area (Å²) >= 11 is 0. The Hall–Kier alpha value is -0.180. The van der Waals surface area contributed by atoms with Gasteiger partial charge in [0, 0.05) is 31.9 Å². The molecule has 1 atom stereocenters. The normalized spacial score (nSPS) is 24.5. The number of piperazine rings is 1. The first-order valence-corrected chi connectivity index (χ1v) is 8.77. The lowest BCUT2D eigenvalue weighted by molar-refractivity contribution is 0.284. The zero-order valence-corrected chi connectivity index (χ0v) is 11.1. The highest BCUT2D eigenvalue weighted by molar-refractivity contribution is 7.93. The maximum absolute atomic E-state index is 11.9. The van der Waals surface area contributed by atoms with Crippen molar-refractivity contribution in [1.29, 1.82) is 0 Å². The minimum absolute atomic E-state index is 0.113. The van der Waals surface area contributed by atoms with Crippen LogP contribution < -0.4 is 5.32 Å². The molecule has 0 aromatic rings. The van der Waals surface area contributed by atoms with Gasteiger partial charge < -0.3 is 5.32 Å². The fourth-order valence-corrected chi connectivity index (χ4v) is 4.89. The minimum Gasteiger partial charge on any atom is -0.314 e. The first-order chi connectivity index (χ1) is 7.22. The first-order valence-electron chi connectivity index (χ1n) is 5.10. The van der Waals surface area contributed by atoms with Gasteiger partial charge in [0.05, 0.1) is 11.5 Å². The molecule has 6 nitrogen and oxygen atoms in total. The number of nitrogens with one attached hydrogen (secondary N) is 1. The van der Waals surface area contributed by atoms with Gasteiger partial charge >= 0.3 is 0 Å². The van der Waals surface area contributed by atoms with Crippen molar-refractivity contribution in [2.24, 2.45) is 0 Å². The summed E-state index contributed by atoms with van der Waals surface area (Å²) in [6.45, 7) is 3.44. The van der Waals surface area contributed by atoms with Crippen molar-refractivity contribution in [3.63, 3.8) is 0 Å². The summed E-state index contributed by atoms with van der Waals surface area (Å²) in [6.07, 6.45) is 1.05. The third-order valence-electron chi connectivity index (χ3n) is 2.51. The Balaban J connectivity index is 2.69. The Morgan fingerprint density at radius 2 is 1.88 bits per heavy atom. The maximum Gasteiger partial charge on any atom is 0.215 e. The molecule has 16 heavy (non-hydrogen) atoms. The second kappa shape index (κ2) is 4.99. The number of sulfonamides is 1. The molecule has 0 amide bonds. The second-order valence-corrected chi connectivity index (χ2v) is 8.41. The quantitative estimate of drug-likeness (QED) is 0.683. The average molecular weight is 270 g/mol. The van der Waals surface area contributed by atoms with E-state index < -0.39 is 19.9 Å². The van der Waals surface area contributed by atoms with Gasteiger partial charge in [-0.15, -0.1) is 0 Å². The van der Waals surface area contributed by atoms with Crippen molar-refractivity contribution in [2.75, 3.05) is 37.4 Å². The summed E-state index contributed by atoms with van der Waals surface area (Å²) < 4.78 is 47.0. The first kappa shape index (κ1) is 13.9. The van der Waals surface area contributed by atoms with Crippen LogP contribution in [0.2, 0.25) is 0 Å². The van der Waals surface area contributed by atoms with Crippen LogP contribution in [0.4, 0.5) is 0 Å². The van der Waals surface area contributed by atoms with Crippen molar-refractivity contribution in [3.05, 3.63) is 0 Å². The monoisotopic (exact) mass is 270 g/mol. The molecule has 0 bridgehead atoms. The third-order valence-corrected chi connectivity index (χ3v) is 5.69. The van der Waals surface area contributed by atoms with Crippen LogP contribution in [-0.4, -0.2) is 64.6 Å². The van der Waals surface area contributed by atoms with Crippen LogP contribution in [-0.2, 0) is 19.9 Å². The number of rotatable bonds is 4. The molecular weight excluding hydrogens is 252 g/mol. The summed E-state index contributed by atoms with van der Waals surface area (Å²) in [5.74, 6) is -0.637. The van der Waals surface area contributed by atoms with E-state index in [1.54, 1.807) is 0 Å². The lowest BCUT2D eigenvalue weighted by atomic mass is 10.3. The molecule has 1 aliphatic heterocycles. The standard InChI is InChI=1S/C8H18N2O4S2/c1-8-7-9-3-4-10(8)16(13,14)6-5-15(2,11)12/h8-9H,3-7H2,1-2H3. The Bertz CT molecular complexity index is 429. The van der Waals surface area contributed by atoms with Gasteiger partial charge in [0.1, 0.15) is 9.84 Å². The van der Waals surface area contributed by atoms with E-state index in [-0.39, 0.29) is 17.5 Å². The van der Waals surface area contributed by atoms with E-state index in [0.717, 1.165) is 6.26 Å². The summed E-state index contributed by atoms with van der Waals surface area (Å²) in [6, 6.07) is -0.113. The molecule has 0 aliphatic carbocycles. The van der Waals surface area contributed by atoms with Crippen molar-refractivity contribution in [1.82, 2.24) is 9.62 Å². The van der Waals surface area contributed by atoms with E-state index >= 15 is 0 Å². The van der Waals surface area contributed by atoms with Crippen molar-refractivity contribution < 1.29 is 16.8 Å². The number of sulfone groups is 1. The van der Waals surface area contributed by atoms with Crippen molar-refractivity contribution >= 4 is 19.9 Å². The van der Waals surface area contributed by atoms with E-state index in [2.05, 4.69) is 5.32 Å². The fraction of sp³-hybridized carbons (Fsp3) is 1.00. The zero-order chi connectivity index (χ0) is 12.4. The lowest BCUT2D eigenvalue weighted by Gasteiger charge is -2.32. The summed E-state index contributed by atoms with van der Waals surface area (Å²) in [7, 11) is -6.69. The average Bonchev–Trinajstić information content (AvgIpc) is 2.14. The third kappa shape index (κ3) is 4.00. The molecule has 0 radical (unpaired) electrons. The molecule has 0 aromatic heterocycles. The predicted octanol–water partition coefficient (Wildman–Crippen LogP) is -1.35. The van der Waals surface area contributed by atoms with Gasteiger partial charge in [0.25, 0.3) is 0 Å². The molecule has 0 spiro atoms. The molecule has 1 heterocycles. The highest BCUT2D eigenvalue weighted by Gasteiger charge is 2.29. The smallest absolute Gasteiger partial charge is 0.215 e. The highest BCUT2D eigenvalue weighted by atomic mass is 32.2. The molecule has 96 valence electrons. The van der Waals surface area contributed by atoms with Crippen molar-refractivity contribution in [3.8, 4) is 0 Å². The van der Waals surface area contributed by atoms with Crippen LogP contribution >= 0.6 is 0 Å². The predicted molar refractivity (Wildman–Crippen MR) is 62.5 cm³/mol. The Morgan fingerprint density at radius 1 is 1.25 bits per heavy atom. The topological polar surface area (TPSA) is 83.6 Å². The Morgan fingerprint density at radius 3 is 2.38 bits per heavy atom. The minimum atomic E-state index is -3.45. The second-order valence-electron chi connectivity index (χ2n) is 4.11. The van der Waals surface area contributed by atoms with Crippen molar-refractivity contribution in [2.45, 2.75) is 13.0 Å². The summed E-state index contributed by atoms with van der Waals surface area (Å²) in [5.41, 5.74) is 0. The number of nitrogens with zero attached hydrogens (tertiary/aromatic N) is 1. The molecule has 0 saturated carbocycles. The SMILES string of the molecule is CC1CNCCN1S(=O)(=O)CCS(C)(=O)=O. The van der Waals surface area contributed by atoms with E-state index in [4.69, 9.17) is 0 Å². The van der Waals surface area contributed by atoms with Gasteiger partial charge in [-0.1, -0.05) is 0 Å². The Kier molecular flexibility index (Phi) is 4.33. The van der Waals surface area contributed by atoms with Crippen LogP contribution in [0.5, 0.6) is 0 Å². The van der Waals surface area contributed by atoms with Crippen LogP contribution in [0.15, 0.2) is 0 Å².